The van der Waals surface area contributed by atoms with E-state index in [-0.39, 0.29) is 28.3 Å². The number of hydrogen-bond acceptors (Lipinski definition) is 5. The van der Waals surface area contributed by atoms with Gasteiger partial charge in [-0.15, -0.1) is 23.2 Å². The number of aromatic hydroxyl groups is 1. The second-order valence-electron chi connectivity index (χ2n) is 11.1. The van der Waals surface area contributed by atoms with E-state index < -0.39 is 91.8 Å². The molecule has 1 saturated carbocycles. The molecule has 4 aromatic rings. The Morgan fingerprint density at radius 2 is 1.45 bits per heavy atom. The molecule has 17 heteroatoms. The fourth-order valence-electron chi connectivity index (χ4n) is 6.73. The number of amides is 2. The van der Waals surface area contributed by atoms with Crippen molar-refractivity contribution in [3.8, 4) is 11.4 Å². The smallest absolute Gasteiger partial charge is 0.352 e. The molecule has 0 bridgehead atoms. The maximum Gasteiger partial charge on any atom is 0.352 e. The number of rotatable bonds is 3. The lowest BCUT2D eigenvalue weighted by Gasteiger charge is -2.49. The Hall–Kier alpha value is -4.21. The average molecular weight is 758 g/mol. The van der Waals surface area contributed by atoms with Crippen LogP contribution in [0.15, 0.2) is 74.2 Å². The first kappa shape index (κ1) is 31.4. The third-order valence-corrected chi connectivity index (χ3v) is 10.7. The van der Waals surface area contributed by atoms with Crippen LogP contribution >= 0.6 is 39.1 Å². The van der Waals surface area contributed by atoms with Gasteiger partial charge in [-0.3, -0.25) is 9.59 Å². The second-order valence-corrected chi connectivity index (χ2v) is 13.3. The van der Waals surface area contributed by atoms with E-state index >= 15 is 8.78 Å². The SMILES string of the molecule is O=C1N(c2c(F)c(F)c(F)c(F)c2F)C(=O)[C@@]2(Cl)[C@@H](c3cc(Br)ccc3O)C3=CCn4c(=O)n(-c5ccccc5)c(=O)n4[C@@H]3C[C@@]12Cl. The molecule has 0 unspecified atom stereocenters. The summed E-state index contributed by atoms with van der Waals surface area (Å²) >= 11 is 17.3. The highest BCUT2D eigenvalue weighted by atomic mass is 79.9. The molecule has 2 amide bonds. The lowest BCUT2D eigenvalue weighted by Crippen LogP contribution is -2.59. The summed E-state index contributed by atoms with van der Waals surface area (Å²) in [6.07, 6.45) is 0.676. The minimum absolute atomic E-state index is 0.109. The number of halogens is 8. The predicted molar refractivity (Wildman–Crippen MR) is 160 cm³/mol. The number of allylic oxidation sites excluding steroid dienone is 2. The number of phenols is 1. The van der Waals surface area contributed by atoms with E-state index in [0.717, 1.165) is 13.9 Å². The quantitative estimate of drug-likeness (QED) is 0.0777. The van der Waals surface area contributed by atoms with E-state index in [1.165, 1.54) is 36.4 Å². The van der Waals surface area contributed by atoms with Crippen LogP contribution in [-0.2, 0) is 16.1 Å². The molecule has 2 aliphatic heterocycles. The molecule has 3 aromatic carbocycles. The van der Waals surface area contributed by atoms with Crippen molar-refractivity contribution in [2.75, 3.05) is 4.90 Å². The fraction of sp³-hybridized carbons (Fsp3) is 0.200. The van der Waals surface area contributed by atoms with Crippen LogP contribution in [0.1, 0.15) is 23.9 Å². The molecule has 242 valence electrons. The van der Waals surface area contributed by atoms with Crippen molar-refractivity contribution < 1.29 is 36.6 Å². The van der Waals surface area contributed by atoms with Crippen LogP contribution in [0.4, 0.5) is 27.6 Å². The van der Waals surface area contributed by atoms with E-state index in [1.807, 2.05) is 0 Å². The van der Waals surface area contributed by atoms with E-state index in [9.17, 15) is 37.5 Å². The van der Waals surface area contributed by atoms with Crippen molar-refractivity contribution >= 4 is 56.6 Å². The summed E-state index contributed by atoms with van der Waals surface area (Å²) in [6, 6.07) is 10.5. The maximum atomic E-state index is 15.1. The van der Waals surface area contributed by atoms with Crippen LogP contribution in [0.25, 0.3) is 5.69 Å². The highest BCUT2D eigenvalue weighted by Crippen LogP contribution is 2.65. The van der Waals surface area contributed by atoms with E-state index in [2.05, 4.69) is 15.9 Å². The van der Waals surface area contributed by atoms with E-state index in [0.29, 0.717) is 4.47 Å². The molecule has 1 saturated heterocycles. The van der Waals surface area contributed by atoms with Gasteiger partial charge in [-0.1, -0.05) is 40.2 Å². The average Bonchev–Trinajstić information content (AvgIpc) is 3.39. The number of anilines is 1. The molecule has 4 atom stereocenters. The molecule has 0 spiro atoms. The van der Waals surface area contributed by atoms with Crippen LogP contribution in [-0.4, -0.2) is 40.6 Å². The molecule has 2 fully saturated rings. The van der Waals surface area contributed by atoms with Crippen molar-refractivity contribution in [2.45, 2.75) is 34.7 Å². The summed E-state index contributed by atoms with van der Waals surface area (Å²) in [5.41, 5.74) is -3.39. The summed E-state index contributed by atoms with van der Waals surface area (Å²) < 4.78 is 76.1. The van der Waals surface area contributed by atoms with Crippen LogP contribution < -0.4 is 16.3 Å². The molecule has 47 heavy (non-hydrogen) atoms. The number of aromatic nitrogens is 3. The van der Waals surface area contributed by atoms with Crippen LogP contribution in [0, 0.1) is 29.1 Å². The Balaban J connectivity index is 1.51. The van der Waals surface area contributed by atoms with Gasteiger partial charge in [0.25, 0.3) is 11.8 Å². The number of carbonyl (C=O) groups excluding carboxylic acids is 2. The van der Waals surface area contributed by atoms with Gasteiger partial charge in [-0.05, 0) is 35.9 Å². The molecule has 0 radical (unpaired) electrons. The number of hydrogen-bond donors (Lipinski definition) is 1. The monoisotopic (exact) mass is 756 g/mol. The summed E-state index contributed by atoms with van der Waals surface area (Å²) in [7, 11) is 0. The summed E-state index contributed by atoms with van der Waals surface area (Å²) in [5, 5.41) is 11.0. The summed E-state index contributed by atoms with van der Waals surface area (Å²) in [5.74, 6) is -17.8. The minimum Gasteiger partial charge on any atom is -0.508 e. The third-order valence-electron chi connectivity index (χ3n) is 8.80. The molecule has 3 heterocycles. The topological polar surface area (TPSA) is 107 Å². The van der Waals surface area contributed by atoms with Crippen molar-refractivity contribution in [1.82, 2.24) is 13.9 Å². The lowest BCUT2D eigenvalue weighted by atomic mass is 9.64. The predicted octanol–water partition coefficient (Wildman–Crippen LogP) is 5.16. The van der Waals surface area contributed by atoms with Crippen LogP contribution in [0.5, 0.6) is 5.75 Å². The van der Waals surface area contributed by atoms with Crippen molar-refractivity contribution in [3.63, 3.8) is 0 Å². The highest BCUT2D eigenvalue weighted by Gasteiger charge is 2.76. The van der Waals surface area contributed by atoms with Crippen molar-refractivity contribution in [2.24, 2.45) is 0 Å². The zero-order valence-corrected chi connectivity index (χ0v) is 26.3. The number of alkyl halides is 2. The van der Waals surface area contributed by atoms with E-state index in [4.69, 9.17) is 23.2 Å². The Kier molecular flexibility index (Phi) is 6.94. The Bertz CT molecular complexity index is 2210. The van der Waals surface area contributed by atoms with Gasteiger partial charge in [0.15, 0.2) is 33.0 Å². The first-order valence-corrected chi connectivity index (χ1v) is 15.2. The third kappa shape index (κ3) is 3.93. The fourth-order valence-corrected chi connectivity index (χ4v) is 8.01. The zero-order valence-electron chi connectivity index (χ0n) is 23.2. The Morgan fingerprint density at radius 1 is 0.830 bits per heavy atom. The normalized spacial score (nSPS) is 25.0. The molecular weight excluding hydrogens is 742 g/mol. The number of carbonyl (C=O) groups is 2. The molecule has 1 N–H and O–H groups in total. The van der Waals surface area contributed by atoms with Crippen LogP contribution in [0.3, 0.4) is 0 Å². The Labute approximate surface area is 277 Å². The first-order valence-electron chi connectivity index (χ1n) is 13.6. The number of fused-ring (bicyclic) bond motifs is 4. The van der Waals surface area contributed by atoms with Gasteiger partial charge >= 0.3 is 11.4 Å². The van der Waals surface area contributed by atoms with Gasteiger partial charge in [0.1, 0.15) is 11.4 Å². The van der Waals surface area contributed by atoms with Crippen molar-refractivity contribution in [1.29, 1.82) is 0 Å². The minimum atomic E-state index is -2.78. The summed E-state index contributed by atoms with van der Waals surface area (Å²) in [6.45, 7) is -0.267. The lowest BCUT2D eigenvalue weighted by molar-refractivity contribution is -0.122. The van der Waals surface area contributed by atoms with E-state index in [1.54, 1.807) is 18.2 Å². The van der Waals surface area contributed by atoms with Gasteiger partial charge in [-0.2, -0.15) is 0 Å². The van der Waals surface area contributed by atoms with Gasteiger partial charge in [0, 0.05) is 22.4 Å². The number of imide groups is 1. The van der Waals surface area contributed by atoms with Gasteiger partial charge in [0.05, 0.1) is 18.3 Å². The largest absolute Gasteiger partial charge is 0.508 e. The molecule has 1 aromatic heterocycles. The second kappa shape index (κ2) is 10.4. The van der Waals surface area contributed by atoms with Gasteiger partial charge < -0.3 is 5.11 Å². The number of nitrogens with zero attached hydrogens (tertiary/aromatic N) is 4. The molecule has 3 aliphatic rings. The highest BCUT2D eigenvalue weighted by molar-refractivity contribution is 9.10. The molecular formula is C30H16BrCl2F5N4O5. The number of para-hydroxylation sites is 1. The molecule has 7 rings (SSSR count). The van der Waals surface area contributed by atoms with Gasteiger partial charge in [0.2, 0.25) is 5.82 Å². The Morgan fingerprint density at radius 3 is 2.09 bits per heavy atom. The summed E-state index contributed by atoms with van der Waals surface area (Å²) in [4.78, 5) is 50.0. The number of phenolic OH excluding ortho intramolecular Hbond substituents is 1. The molecule has 1 aliphatic carbocycles. The zero-order chi connectivity index (χ0) is 33.9. The van der Waals surface area contributed by atoms with Gasteiger partial charge in [-0.25, -0.2) is 50.4 Å². The van der Waals surface area contributed by atoms with Crippen molar-refractivity contribution in [3.05, 3.63) is 120 Å². The number of benzene rings is 3. The first-order chi connectivity index (χ1) is 22.2. The molecule has 9 nitrogen and oxygen atoms in total. The standard InChI is InChI=1S/C30H16BrCl2F5N4O5/c31-12-6-7-17(43)15(10-12)18-14-8-9-39-27(46)40(13-4-2-1-3-5-13)28(47)42(39)16(14)11-29(32)25(44)41(26(45)30(18,29)33)24-22(37)20(35)19(34)21(36)23(24)38/h1-8,10,16,18,43H,9,11H2/t16-,18-,29-,30+/m1/s1. The maximum absolute atomic E-state index is 15.1. The van der Waals surface area contributed by atoms with Crippen LogP contribution in [0.2, 0.25) is 0 Å².